The first-order valence-electron chi connectivity index (χ1n) is 49.7. The first-order valence-corrected chi connectivity index (χ1v) is 52.7. The van der Waals surface area contributed by atoms with E-state index in [1.165, 1.54) is 161 Å². The summed E-state index contributed by atoms with van der Waals surface area (Å²) in [5, 5.41) is 20.8. The molecule has 4 N–H and O–H groups in total. The first-order chi connectivity index (χ1) is 61.2. The third kappa shape index (κ3) is 98.8. The van der Waals surface area contributed by atoms with Gasteiger partial charge in [-0.25, -0.2) is 9.13 Å². The maximum absolute atomic E-state index is 13.1. The number of aliphatic hydroxyl groups is 2. The molecule has 0 fully saturated rings. The summed E-state index contributed by atoms with van der Waals surface area (Å²) in [4.78, 5) is 59.2. The van der Waals surface area contributed by atoms with Crippen LogP contribution in [0.3, 0.4) is 0 Å². The standard InChI is InChI=1S/C107H180O16P2/c1-4-7-10-13-16-19-22-25-28-31-34-37-40-43-45-47-49-50-52-54-55-58-60-63-66-69-72-75-78-81-84-87-90-93-105(110)117-96-102(108)97-119-124(113,114)120-98-103(109)99-121-125(115,116)122-101-104(123-107(112)95-92-89-86-83-80-77-74-71-68-65-62-57-42-39-36-33-30-27-24-21-18-15-12-9-6-3)100-118-106(111)94-91-88-85-82-79-76-73-70-67-64-61-59-56-53-51-48-46-44-41-38-35-32-29-26-23-20-17-14-11-8-5-2/h7-12,16-21,25-30,34-39,43-46,51,53,57,62,102-104,108-109H,4-6,13-15,22-24,31-33,40-42,47-50,52,54-56,58-61,63-101H2,1-3H3,(H,113,114)(H,115,116)/b10-7-,11-8-,12-9-,19-16-,20-17-,21-18-,28-25-,29-26-,30-27-,37-34-,38-35-,39-36-,45-43-,46-44-,53-51-,62-57-. The van der Waals surface area contributed by atoms with Crippen molar-refractivity contribution in [1.29, 1.82) is 0 Å². The lowest BCUT2D eigenvalue weighted by Gasteiger charge is -2.21. The molecule has 0 radical (unpaired) electrons. The van der Waals surface area contributed by atoms with Crippen molar-refractivity contribution in [3.8, 4) is 0 Å². The molecule has 16 nitrogen and oxygen atoms in total. The molecule has 714 valence electrons. The van der Waals surface area contributed by atoms with Crippen LogP contribution in [-0.4, -0.2) is 95.9 Å². The summed E-state index contributed by atoms with van der Waals surface area (Å²) in [6, 6.07) is 0. The SMILES string of the molecule is CC/C=C\C/C=C\C/C=C\C/C=C\C/C=C\C/C=C\CCCCCCCCCCCCCCC(=O)OCC(COP(=O)(O)OCC(O)COP(=O)(O)OCC(O)COC(=O)CCCCCCCCCCCCCCCCCCC/C=C\C/C=C\C/C=C\C/C=C\C/C=C\CC)OC(=O)CCCCCCCCCCC/C=C\C/C=C\C/C=C\C/C=C\C/C=C\CC. The van der Waals surface area contributed by atoms with Crippen LogP contribution in [0, 0.1) is 0 Å². The number of aliphatic hydroxyl groups excluding tert-OH is 2. The summed E-state index contributed by atoms with van der Waals surface area (Å²) < 4.78 is 61.6. The Balaban J connectivity index is 4.61. The summed E-state index contributed by atoms with van der Waals surface area (Å²) >= 11 is 0. The second-order valence-corrected chi connectivity index (χ2v) is 35.7. The Bertz CT molecular complexity index is 3050. The number of rotatable bonds is 93. The molecule has 0 aromatic carbocycles. The summed E-state index contributed by atoms with van der Waals surface area (Å²) in [5.41, 5.74) is 0. The normalized spacial score (nSPS) is 14.5. The minimum atomic E-state index is -4.95. The number of allylic oxidation sites excluding steroid dienone is 32. The van der Waals surface area contributed by atoms with E-state index in [2.05, 4.69) is 215 Å². The zero-order chi connectivity index (χ0) is 90.7. The van der Waals surface area contributed by atoms with Crippen molar-refractivity contribution in [1.82, 2.24) is 0 Å². The second kappa shape index (κ2) is 97.4. The molecule has 0 aliphatic heterocycles. The van der Waals surface area contributed by atoms with Gasteiger partial charge in [-0.05, 0) is 161 Å². The van der Waals surface area contributed by atoms with Crippen LogP contribution >= 0.6 is 15.6 Å². The summed E-state index contributed by atoms with van der Waals surface area (Å²) in [6.07, 6.45) is 131. The number of hydrogen-bond donors (Lipinski definition) is 4. The topological polar surface area (TPSA) is 231 Å². The highest BCUT2D eigenvalue weighted by molar-refractivity contribution is 7.47. The molecule has 0 aliphatic carbocycles. The number of hydrogen-bond acceptors (Lipinski definition) is 14. The smallest absolute Gasteiger partial charge is 0.463 e. The molecule has 0 rings (SSSR count). The number of carbonyl (C=O) groups is 3. The fourth-order valence-electron chi connectivity index (χ4n) is 13.4. The predicted octanol–water partition coefficient (Wildman–Crippen LogP) is 31.3. The van der Waals surface area contributed by atoms with Crippen LogP contribution in [0.2, 0.25) is 0 Å². The predicted molar refractivity (Wildman–Crippen MR) is 528 cm³/mol. The molecule has 0 amide bonds. The largest absolute Gasteiger partial charge is 0.472 e. The zero-order valence-electron chi connectivity index (χ0n) is 79.0. The fourth-order valence-corrected chi connectivity index (χ4v) is 15.0. The van der Waals surface area contributed by atoms with Gasteiger partial charge < -0.3 is 34.2 Å². The Hall–Kier alpha value is -5.61. The van der Waals surface area contributed by atoms with E-state index in [-0.39, 0.29) is 19.3 Å². The average molecular weight is 1780 g/mol. The highest BCUT2D eigenvalue weighted by Gasteiger charge is 2.30. The quantitative estimate of drug-likeness (QED) is 0.0146. The molecular formula is C107H180O16P2. The summed E-state index contributed by atoms with van der Waals surface area (Å²) in [6.45, 7) is 2.39. The minimum Gasteiger partial charge on any atom is -0.463 e. The van der Waals surface area contributed by atoms with Gasteiger partial charge in [0.25, 0.3) is 0 Å². The number of carbonyl (C=O) groups excluding carboxylic acids is 3. The maximum Gasteiger partial charge on any atom is 0.472 e. The van der Waals surface area contributed by atoms with Crippen molar-refractivity contribution >= 4 is 33.6 Å². The van der Waals surface area contributed by atoms with E-state index in [1.807, 2.05) is 0 Å². The lowest BCUT2D eigenvalue weighted by atomic mass is 10.0. The van der Waals surface area contributed by atoms with Crippen LogP contribution < -0.4 is 0 Å². The van der Waals surface area contributed by atoms with E-state index in [1.54, 1.807) is 0 Å². The molecule has 0 bridgehead atoms. The molecule has 0 aromatic heterocycles. The molecule has 0 saturated carbocycles. The van der Waals surface area contributed by atoms with Crippen LogP contribution in [0.25, 0.3) is 0 Å². The van der Waals surface area contributed by atoms with E-state index in [0.717, 1.165) is 186 Å². The number of phosphoric ester groups is 2. The van der Waals surface area contributed by atoms with Crippen LogP contribution in [0.15, 0.2) is 194 Å². The Kier molecular flexibility index (Phi) is 93.1. The van der Waals surface area contributed by atoms with Gasteiger partial charge in [0.2, 0.25) is 0 Å². The molecule has 5 atom stereocenters. The Morgan fingerprint density at radius 3 is 0.632 bits per heavy atom. The van der Waals surface area contributed by atoms with E-state index in [0.29, 0.717) is 19.3 Å². The van der Waals surface area contributed by atoms with Gasteiger partial charge in [0.1, 0.15) is 25.4 Å². The lowest BCUT2D eigenvalue weighted by molar-refractivity contribution is -0.161. The molecule has 0 saturated heterocycles. The van der Waals surface area contributed by atoms with Crippen molar-refractivity contribution in [2.45, 2.75) is 424 Å². The third-order valence-corrected chi connectivity index (χ3v) is 22.7. The third-order valence-electron chi connectivity index (χ3n) is 20.8. The van der Waals surface area contributed by atoms with Crippen molar-refractivity contribution in [2.24, 2.45) is 0 Å². The van der Waals surface area contributed by atoms with Crippen LogP contribution in [0.1, 0.15) is 406 Å². The van der Waals surface area contributed by atoms with Crippen molar-refractivity contribution in [2.75, 3.05) is 39.6 Å². The molecule has 0 aliphatic rings. The van der Waals surface area contributed by atoms with Gasteiger partial charge in [-0.1, -0.05) is 421 Å². The zero-order valence-corrected chi connectivity index (χ0v) is 80.7. The van der Waals surface area contributed by atoms with Crippen LogP contribution in [0.4, 0.5) is 0 Å². The van der Waals surface area contributed by atoms with E-state index >= 15 is 0 Å². The second-order valence-electron chi connectivity index (χ2n) is 32.8. The molecule has 18 heteroatoms. The lowest BCUT2D eigenvalue weighted by Crippen LogP contribution is -2.30. The molecule has 0 aromatic rings. The van der Waals surface area contributed by atoms with Crippen LogP contribution in [-0.2, 0) is 55.8 Å². The Morgan fingerprint density at radius 1 is 0.224 bits per heavy atom. The number of ether oxygens (including phenoxy) is 3. The van der Waals surface area contributed by atoms with E-state index in [4.69, 9.17) is 32.3 Å². The maximum atomic E-state index is 13.1. The van der Waals surface area contributed by atoms with Gasteiger partial charge in [0, 0.05) is 19.3 Å². The molecule has 5 unspecified atom stereocenters. The number of unbranched alkanes of at least 4 members (excludes halogenated alkanes) is 38. The number of phosphoric acid groups is 2. The van der Waals surface area contributed by atoms with Gasteiger partial charge in [-0.2, -0.15) is 0 Å². The van der Waals surface area contributed by atoms with Crippen molar-refractivity contribution in [3.05, 3.63) is 194 Å². The average Bonchev–Trinajstić information content (AvgIpc) is 0.899. The highest BCUT2D eigenvalue weighted by Crippen LogP contribution is 2.45. The Labute approximate surface area is 763 Å². The minimum absolute atomic E-state index is 0.0915. The fraction of sp³-hybridized carbons (Fsp3) is 0.673. The van der Waals surface area contributed by atoms with E-state index in [9.17, 15) is 43.5 Å². The highest BCUT2D eigenvalue weighted by atomic mass is 31.2. The van der Waals surface area contributed by atoms with Crippen molar-refractivity contribution < 1.29 is 75.8 Å². The van der Waals surface area contributed by atoms with Gasteiger partial charge in [-0.3, -0.25) is 32.5 Å². The summed E-state index contributed by atoms with van der Waals surface area (Å²) in [7, 11) is -9.82. The Morgan fingerprint density at radius 2 is 0.400 bits per heavy atom. The van der Waals surface area contributed by atoms with Crippen LogP contribution in [0.5, 0.6) is 0 Å². The van der Waals surface area contributed by atoms with Gasteiger partial charge in [-0.15, -0.1) is 0 Å². The molecule has 125 heavy (non-hydrogen) atoms. The van der Waals surface area contributed by atoms with Gasteiger partial charge in [0.15, 0.2) is 6.10 Å². The van der Waals surface area contributed by atoms with Crippen molar-refractivity contribution in [3.63, 3.8) is 0 Å². The summed E-state index contributed by atoms with van der Waals surface area (Å²) in [5.74, 6) is -1.58. The van der Waals surface area contributed by atoms with Gasteiger partial charge in [0.05, 0.1) is 26.4 Å². The molecular weight excluding hydrogens is 1600 g/mol. The monoisotopic (exact) mass is 1780 g/mol. The molecule has 0 heterocycles. The molecule has 0 spiro atoms. The number of esters is 3. The van der Waals surface area contributed by atoms with Gasteiger partial charge >= 0.3 is 33.6 Å². The first kappa shape index (κ1) is 119. The van der Waals surface area contributed by atoms with E-state index < -0.39 is 91.5 Å².